The summed E-state index contributed by atoms with van der Waals surface area (Å²) in [4.78, 5) is 8.86. The molecular weight excluding hydrogens is 440 g/mol. The number of hydrogen-bond donors (Lipinski definition) is 0. The molecule has 1 saturated heterocycles. The highest BCUT2D eigenvalue weighted by Gasteiger charge is 2.25. The van der Waals surface area contributed by atoms with Gasteiger partial charge in [0.15, 0.2) is 0 Å². The summed E-state index contributed by atoms with van der Waals surface area (Å²) in [6.07, 6.45) is 0. The lowest BCUT2D eigenvalue weighted by atomic mass is 10.2. The van der Waals surface area contributed by atoms with Crippen LogP contribution in [0.4, 0.5) is 11.6 Å². The Hall–Kier alpha value is -4.44. The zero-order chi connectivity index (χ0) is 24.0. The predicted octanol–water partition coefficient (Wildman–Crippen LogP) is 5.13. The van der Waals surface area contributed by atoms with Gasteiger partial charge < -0.3 is 23.7 Å². The number of anilines is 2. The van der Waals surface area contributed by atoms with Crippen LogP contribution in [0.15, 0.2) is 83.3 Å². The second kappa shape index (κ2) is 10.2. The molecule has 4 aromatic rings. The van der Waals surface area contributed by atoms with Crippen LogP contribution in [-0.2, 0) is 6.61 Å². The van der Waals surface area contributed by atoms with Gasteiger partial charge in [0.05, 0.1) is 7.11 Å². The van der Waals surface area contributed by atoms with E-state index in [1.807, 2.05) is 66.7 Å². The molecule has 0 aliphatic carbocycles. The van der Waals surface area contributed by atoms with E-state index in [9.17, 15) is 5.26 Å². The van der Waals surface area contributed by atoms with Crippen LogP contribution in [0.25, 0.3) is 11.5 Å². The third kappa shape index (κ3) is 5.07. The van der Waals surface area contributed by atoms with Crippen LogP contribution >= 0.6 is 0 Å². The first-order valence-corrected chi connectivity index (χ1v) is 11.6. The molecule has 2 heterocycles. The van der Waals surface area contributed by atoms with Gasteiger partial charge in [0.25, 0.3) is 0 Å². The van der Waals surface area contributed by atoms with Crippen LogP contribution in [0.3, 0.4) is 0 Å². The summed E-state index contributed by atoms with van der Waals surface area (Å²) in [5.41, 5.74) is 3.37. The van der Waals surface area contributed by atoms with E-state index in [0.717, 1.165) is 54.5 Å². The van der Waals surface area contributed by atoms with Crippen LogP contribution in [0.2, 0.25) is 0 Å². The fourth-order valence-electron chi connectivity index (χ4n) is 4.12. The number of hydrogen-bond acceptors (Lipinski definition) is 7. The molecule has 35 heavy (non-hydrogen) atoms. The van der Waals surface area contributed by atoms with Gasteiger partial charge in [-0.25, -0.2) is 0 Å². The zero-order valence-corrected chi connectivity index (χ0v) is 19.6. The van der Waals surface area contributed by atoms with Crippen molar-refractivity contribution in [2.75, 3.05) is 43.1 Å². The average Bonchev–Trinajstić information content (AvgIpc) is 3.37. The Morgan fingerprint density at radius 2 is 1.51 bits per heavy atom. The SMILES string of the molecule is COc1ccc(N2CCN(c3oc(-c4ccc(OCc5ccccc5)cc4)nc3C#N)CC2)cc1. The van der Waals surface area contributed by atoms with Crippen LogP contribution in [0.5, 0.6) is 11.5 Å². The molecule has 7 nitrogen and oxygen atoms in total. The van der Waals surface area contributed by atoms with Crippen molar-refractivity contribution in [1.82, 2.24) is 4.98 Å². The van der Waals surface area contributed by atoms with Gasteiger partial charge in [-0.2, -0.15) is 10.2 Å². The van der Waals surface area contributed by atoms with Gasteiger partial charge >= 0.3 is 0 Å². The highest BCUT2D eigenvalue weighted by molar-refractivity contribution is 5.61. The number of nitrogens with zero attached hydrogens (tertiary/aromatic N) is 4. The van der Waals surface area contributed by atoms with Gasteiger partial charge in [-0.1, -0.05) is 30.3 Å². The van der Waals surface area contributed by atoms with Crippen molar-refractivity contribution < 1.29 is 13.9 Å². The molecule has 1 aliphatic rings. The Morgan fingerprint density at radius 1 is 0.857 bits per heavy atom. The molecule has 0 spiro atoms. The summed E-state index contributed by atoms with van der Waals surface area (Å²) in [6.45, 7) is 3.62. The number of aromatic nitrogens is 1. The van der Waals surface area contributed by atoms with Crippen LogP contribution in [0, 0.1) is 11.3 Å². The monoisotopic (exact) mass is 466 g/mol. The summed E-state index contributed by atoms with van der Waals surface area (Å²) in [6, 6.07) is 27.9. The molecule has 0 saturated carbocycles. The molecule has 176 valence electrons. The molecule has 0 atom stereocenters. The molecule has 0 amide bonds. The van der Waals surface area contributed by atoms with Crippen molar-refractivity contribution in [3.8, 4) is 29.0 Å². The minimum atomic E-state index is 0.308. The molecular formula is C28H26N4O3. The largest absolute Gasteiger partial charge is 0.497 e. The van der Waals surface area contributed by atoms with E-state index in [1.165, 1.54) is 0 Å². The van der Waals surface area contributed by atoms with Gasteiger partial charge in [0.1, 0.15) is 24.2 Å². The first-order valence-electron chi connectivity index (χ1n) is 11.6. The third-order valence-corrected chi connectivity index (χ3v) is 6.07. The van der Waals surface area contributed by atoms with E-state index in [0.29, 0.717) is 24.1 Å². The lowest BCUT2D eigenvalue weighted by molar-refractivity contribution is 0.306. The predicted molar refractivity (Wildman–Crippen MR) is 135 cm³/mol. The summed E-state index contributed by atoms with van der Waals surface area (Å²) in [5.74, 6) is 2.57. The number of rotatable bonds is 7. The Kier molecular flexibility index (Phi) is 6.53. The molecule has 7 heteroatoms. The molecule has 1 aromatic heterocycles. The van der Waals surface area contributed by atoms with E-state index in [-0.39, 0.29) is 0 Å². The Bertz CT molecular complexity index is 1290. The summed E-state index contributed by atoms with van der Waals surface area (Å²) >= 11 is 0. The smallest absolute Gasteiger partial charge is 0.235 e. The quantitative estimate of drug-likeness (QED) is 0.374. The third-order valence-electron chi connectivity index (χ3n) is 6.07. The second-order valence-electron chi connectivity index (χ2n) is 8.26. The average molecular weight is 467 g/mol. The maximum Gasteiger partial charge on any atom is 0.235 e. The van der Waals surface area contributed by atoms with Gasteiger partial charge in [-0.05, 0) is 54.1 Å². The van der Waals surface area contributed by atoms with Gasteiger partial charge in [0, 0.05) is 37.4 Å². The van der Waals surface area contributed by atoms with E-state index >= 15 is 0 Å². The normalized spacial score (nSPS) is 13.4. The van der Waals surface area contributed by atoms with Gasteiger partial charge in [-0.15, -0.1) is 0 Å². The highest BCUT2D eigenvalue weighted by atomic mass is 16.5. The number of piperazine rings is 1. The standard InChI is InChI=1S/C28H26N4O3/c1-33-24-13-9-23(10-14-24)31-15-17-32(18-16-31)28-26(19-29)30-27(35-28)22-7-11-25(12-8-22)34-20-21-5-3-2-4-6-21/h2-14H,15-18,20H2,1H3. The molecule has 5 rings (SSSR count). The van der Waals surface area contributed by atoms with Gasteiger partial charge in [-0.3, -0.25) is 0 Å². The molecule has 0 bridgehead atoms. The van der Waals surface area contributed by atoms with E-state index < -0.39 is 0 Å². The van der Waals surface area contributed by atoms with Crippen molar-refractivity contribution in [3.63, 3.8) is 0 Å². The topological polar surface area (TPSA) is 74.8 Å². The maximum absolute atomic E-state index is 9.67. The Labute approximate surface area is 204 Å². The lowest BCUT2D eigenvalue weighted by Gasteiger charge is -2.35. The number of ether oxygens (including phenoxy) is 2. The summed E-state index contributed by atoms with van der Waals surface area (Å²) in [5, 5.41) is 9.67. The molecule has 1 aliphatic heterocycles. The zero-order valence-electron chi connectivity index (χ0n) is 19.6. The molecule has 0 N–H and O–H groups in total. The van der Waals surface area contributed by atoms with Crippen LogP contribution in [-0.4, -0.2) is 38.3 Å². The maximum atomic E-state index is 9.67. The molecule has 0 unspecified atom stereocenters. The number of nitriles is 1. The van der Waals surface area contributed by atoms with Gasteiger partial charge in [0.2, 0.25) is 17.5 Å². The van der Waals surface area contributed by atoms with E-state index in [2.05, 4.69) is 33.0 Å². The van der Waals surface area contributed by atoms with E-state index in [1.54, 1.807) is 7.11 Å². The van der Waals surface area contributed by atoms with Crippen molar-refractivity contribution in [2.24, 2.45) is 0 Å². The number of methoxy groups -OCH3 is 1. The van der Waals surface area contributed by atoms with Crippen molar-refractivity contribution in [1.29, 1.82) is 5.26 Å². The fraction of sp³-hybridized carbons (Fsp3) is 0.214. The first-order chi connectivity index (χ1) is 17.2. The minimum Gasteiger partial charge on any atom is -0.497 e. The van der Waals surface area contributed by atoms with E-state index in [4.69, 9.17) is 13.9 Å². The summed E-state index contributed by atoms with van der Waals surface area (Å²) in [7, 11) is 1.67. The van der Waals surface area contributed by atoms with Crippen molar-refractivity contribution in [2.45, 2.75) is 6.61 Å². The summed E-state index contributed by atoms with van der Waals surface area (Å²) < 4.78 is 17.2. The highest BCUT2D eigenvalue weighted by Crippen LogP contribution is 2.31. The second-order valence-corrected chi connectivity index (χ2v) is 8.26. The minimum absolute atomic E-state index is 0.308. The Morgan fingerprint density at radius 3 is 2.17 bits per heavy atom. The lowest BCUT2D eigenvalue weighted by Crippen LogP contribution is -2.46. The number of oxazole rings is 1. The Balaban J connectivity index is 1.24. The van der Waals surface area contributed by atoms with Crippen molar-refractivity contribution in [3.05, 3.63) is 90.1 Å². The van der Waals surface area contributed by atoms with Crippen molar-refractivity contribution >= 4 is 11.6 Å². The molecule has 3 aromatic carbocycles. The number of benzene rings is 3. The van der Waals surface area contributed by atoms with Crippen LogP contribution < -0.4 is 19.3 Å². The molecule has 0 radical (unpaired) electrons. The molecule has 1 fully saturated rings. The first kappa shape index (κ1) is 22.4. The fourth-order valence-corrected chi connectivity index (χ4v) is 4.12. The van der Waals surface area contributed by atoms with Crippen LogP contribution in [0.1, 0.15) is 11.3 Å².